The largest absolute Gasteiger partial charge is 0.481 e. The number of aliphatic carboxylic acids is 1. The van der Waals surface area contributed by atoms with E-state index in [2.05, 4.69) is 15.5 Å². The van der Waals surface area contributed by atoms with Crippen molar-refractivity contribution >= 4 is 46.6 Å². The number of amidine groups is 1. The summed E-state index contributed by atoms with van der Waals surface area (Å²) >= 11 is 7.26. The van der Waals surface area contributed by atoms with Crippen LogP contribution in [0.5, 0.6) is 0 Å². The van der Waals surface area contributed by atoms with Gasteiger partial charge in [0.2, 0.25) is 5.91 Å². The van der Waals surface area contributed by atoms with E-state index in [1.807, 2.05) is 48.5 Å². The van der Waals surface area contributed by atoms with Gasteiger partial charge in [0.05, 0.1) is 12.6 Å². The standard InChI is InChI=1S/C18H14ClN3O3S/c19-14-4-2-1-3-13(14)12-7-5-11(6-8-12)10-20-22-18-21-17(25)15(26-18)9-16(23)24/h1-8,10,15H,9H2,(H,23,24)(H,21,22,25). The second kappa shape index (κ2) is 8.16. The van der Waals surface area contributed by atoms with Crippen LogP contribution >= 0.6 is 23.4 Å². The second-order valence-electron chi connectivity index (χ2n) is 5.45. The summed E-state index contributed by atoms with van der Waals surface area (Å²) in [6, 6.07) is 15.2. The van der Waals surface area contributed by atoms with Crippen molar-refractivity contribution < 1.29 is 14.7 Å². The van der Waals surface area contributed by atoms with Gasteiger partial charge in [0.15, 0.2) is 5.17 Å². The Hall–Kier alpha value is -2.64. The lowest BCUT2D eigenvalue weighted by molar-refractivity contribution is -0.138. The molecule has 3 rings (SSSR count). The van der Waals surface area contributed by atoms with Crippen molar-refractivity contribution in [1.29, 1.82) is 0 Å². The number of hydrogen-bond donors (Lipinski definition) is 2. The molecule has 1 aliphatic rings. The second-order valence-corrected chi connectivity index (χ2v) is 7.04. The van der Waals surface area contributed by atoms with Gasteiger partial charge in [-0.1, -0.05) is 65.8 Å². The van der Waals surface area contributed by atoms with Crippen molar-refractivity contribution in [1.82, 2.24) is 5.32 Å². The van der Waals surface area contributed by atoms with Crippen LogP contribution < -0.4 is 5.32 Å². The number of nitrogens with zero attached hydrogens (tertiary/aromatic N) is 2. The number of thioether (sulfide) groups is 1. The number of carbonyl (C=O) groups excluding carboxylic acids is 1. The molecule has 6 nitrogen and oxygen atoms in total. The van der Waals surface area contributed by atoms with E-state index in [0.717, 1.165) is 28.5 Å². The minimum absolute atomic E-state index is 0.247. The van der Waals surface area contributed by atoms with Crippen molar-refractivity contribution in [3.8, 4) is 11.1 Å². The van der Waals surface area contributed by atoms with Crippen LogP contribution in [0.15, 0.2) is 58.7 Å². The molecule has 1 aliphatic heterocycles. The molecule has 1 unspecified atom stereocenters. The third-order valence-electron chi connectivity index (χ3n) is 3.59. The SMILES string of the molecule is O=C(O)CC1SC(=NN=Cc2ccc(-c3ccccc3Cl)cc2)NC1=O. The van der Waals surface area contributed by atoms with Crippen LogP contribution in [0, 0.1) is 0 Å². The van der Waals surface area contributed by atoms with E-state index in [1.165, 1.54) is 0 Å². The smallest absolute Gasteiger partial charge is 0.305 e. The fraction of sp³-hybridized carbons (Fsp3) is 0.111. The zero-order chi connectivity index (χ0) is 18.5. The molecule has 0 spiro atoms. The fourth-order valence-corrected chi connectivity index (χ4v) is 3.50. The summed E-state index contributed by atoms with van der Waals surface area (Å²) in [7, 11) is 0. The number of carboxylic acids is 1. The predicted octanol–water partition coefficient (Wildman–Crippen LogP) is 3.40. The minimum Gasteiger partial charge on any atom is -0.481 e. The first-order valence-corrected chi connectivity index (χ1v) is 8.94. The van der Waals surface area contributed by atoms with E-state index in [4.69, 9.17) is 16.7 Å². The lowest BCUT2D eigenvalue weighted by Gasteiger charge is -2.04. The summed E-state index contributed by atoms with van der Waals surface area (Å²) in [4.78, 5) is 22.3. The molecule has 0 aliphatic carbocycles. The third-order valence-corrected chi connectivity index (χ3v) is 4.99. The maximum Gasteiger partial charge on any atom is 0.305 e. The van der Waals surface area contributed by atoms with E-state index in [-0.39, 0.29) is 12.3 Å². The lowest BCUT2D eigenvalue weighted by Crippen LogP contribution is -2.26. The van der Waals surface area contributed by atoms with Crippen molar-refractivity contribution in [2.45, 2.75) is 11.7 Å². The van der Waals surface area contributed by atoms with Gasteiger partial charge in [-0.05, 0) is 17.2 Å². The third kappa shape index (κ3) is 4.50. The maximum atomic E-state index is 11.6. The van der Waals surface area contributed by atoms with Crippen LogP contribution in [0.2, 0.25) is 5.02 Å². The Kier molecular flexibility index (Phi) is 5.70. The molecule has 2 N–H and O–H groups in total. The highest BCUT2D eigenvalue weighted by Gasteiger charge is 2.32. The molecular formula is C18H14ClN3O3S. The molecule has 0 aromatic heterocycles. The average Bonchev–Trinajstić information content (AvgIpc) is 2.95. The van der Waals surface area contributed by atoms with E-state index in [0.29, 0.717) is 10.2 Å². The van der Waals surface area contributed by atoms with E-state index < -0.39 is 11.2 Å². The molecule has 0 radical (unpaired) electrons. The summed E-state index contributed by atoms with van der Waals surface area (Å²) < 4.78 is 0. The number of nitrogens with one attached hydrogen (secondary N) is 1. The Morgan fingerprint density at radius 1 is 1.23 bits per heavy atom. The van der Waals surface area contributed by atoms with Crippen LogP contribution in [0.25, 0.3) is 11.1 Å². The summed E-state index contributed by atoms with van der Waals surface area (Å²) in [6.45, 7) is 0. The molecule has 132 valence electrons. The normalized spacial score (nSPS) is 18.4. The number of carbonyl (C=O) groups is 2. The molecule has 1 saturated heterocycles. The first kappa shape index (κ1) is 18.2. The molecule has 1 amide bonds. The van der Waals surface area contributed by atoms with Crippen LogP contribution in [0.1, 0.15) is 12.0 Å². The van der Waals surface area contributed by atoms with Crippen LogP contribution in [-0.4, -0.2) is 33.6 Å². The van der Waals surface area contributed by atoms with Gasteiger partial charge >= 0.3 is 5.97 Å². The number of benzene rings is 2. The molecule has 1 fully saturated rings. The van der Waals surface area contributed by atoms with Crippen molar-refractivity contribution in [3.05, 3.63) is 59.1 Å². The molecule has 8 heteroatoms. The van der Waals surface area contributed by atoms with E-state index in [1.54, 1.807) is 6.21 Å². The van der Waals surface area contributed by atoms with E-state index in [9.17, 15) is 9.59 Å². The summed E-state index contributed by atoms with van der Waals surface area (Å²) in [5, 5.41) is 19.4. The summed E-state index contributed by atoms with van der Waals surface area (Å²) in [5.41, 5.74) is 2.78. The zero-order valence-corrected chi connectivity index (χ0v) is 15.0. The highest BCUT2D eigenvalue weighted by Crippen LogP contribution is 2.27. The number of halogens is 1. The van der Waals surface area contributed by atoms with Crippen LogP contribution in [0.3, 0.4) is 0 Å². The van der Waals surface area contributed by atoms with Gasteiger partial charge in [-0.2, -0.15) is 5.10 Å². The molecule has 26 heavy (non-hydrogen) atoms. The lowest BCUT2D eigenvalue weighted by atomic mass is 10.0. The maximum absolute atomic E-state index is 11.6. The monoisotopic (exact) mass is 387 g/mol. The number of rotatable bonds is 5. The highest BCUT2D eigenvalue weighted by atomic mass is 35.5. The molecule has 1 atom stereocenters. The van der Waals surface area contributed by atoms with Gasteiger partial charge in [0.1, 0.15) is 5.25 Å². The van der Waals surface area contributed by atoms with Gasteiger partial charge in [-0.25, -0.2) is 0 Å². The number of carboxylic acid groups (broad SMARTS) is 1. The van der Waals surface area contributed by atoms with Gasteiger partial charge in [-0.3, -0.25) is 9.59 Å². The summed E-state index contributed by atoms with van der Waals surface area (Å²) in [5.74, 6) is -1.39. The van der Waals surface area contributed by atoms with Crippen LogP contribution in [0.4, 0.5) is 0 Å². The van der Waals surface area contributed by atoms with Gasteiger partial charge in [-0.15, -0.1) is 5.10 Å². The molecule has 0 bridgehead atoms. The molecular weight excluding hydrogens is 374 g/mol. The first-order valence-electron chi connectivity index (χ1n) is 7.68. The fourth-order valence-electron chi connectivity index (χ4n) is 2.34. The Balaban J connectivity index is 1.65. The summed E-state index contributed by atoms with van der Waals surface area (Å²) in [6.07, 6.45) is 1.31. The number of amides is 1. The molecule has 1 heterocycles. The quantitative estimate of drug-likeness (QED) is 0.607. The molecule has 2 aromatic rings. The zero-order valence-electron chi connectivity index (χ0n) is 13.4. The Labute approximate surface area is 159 Å². The van der Waals surface area contributed by atoms with Crippen molar-refractivity contribution in [3.63, 3.8) is 0 Å². The first-order chi connectivity index (χ1) is 12.5. The topological polar surface area (TPSA) is 91.1 Å². The molecule has 2 aromatic carbocycles. The highest BCUT2D eigenvalue weighted by molar-refractivity contribution is 8.15. The van der Waals surface area contributed by atoms with Crippen molar-refractivity contribution in [2.24, 2.45) is 10.2 Å². The number of hydrogen-bond acceptors (Lipinski definition) is 5. The predicted molar refractivity (Wildman–Crippen MR) is 104 cm³/mol. The Morgan fingerprint density at radius 3 is 2.65 bits per heavy atom. The molecule has 0 saturated carbocycles. The Bertz CT molecular complexity index is 897. The van der Waals surface area contributed by atoms with E-state index >= 15 is 0 Å². The average molecular weight is 388 g/mol. The van der Waals surface area contributed by atoms with Gasteiger partial charge < -0.3 is 10.4 Å². The Morgan fingerprint density at radius 2 is 1.96 bits per heavy atom. The van der Waals surface area contributed by atoms with Crippen molar-refractivity contribution in [2.75, 3.05) is 0 Å². The van der Waals surface area contributed by atoms with Gasteiger partial charge in [0, 0.05) is 10.6 Å². The van der Waals surface area contributed by atoms with Crippen LogP contribution in [-0.2, 0) is 9.59 Å². The minimum atomic E-state index is -1.03. The van der Waals surface area contributed by atoms with Gasteiger partial charge in [0.25, 0.3) is 0 Å².